The molecule has 0 aliphatic heterocycles. The fraction of sp³-hybridized carbons (Fsp3) is 0.286. The van der Waals surface area contributed by atoms with Gasteiger partial charge in [-0.05, 0) is 18.6 Å². The Morgan fingerprint density at radius 2 is 2.20 bits per heavy atom. The average molecular weight is 277 g/mol. The topological polar surface area (TPSA) is 81.8 Å². The van der Waals surface area contributed by atoms with Crippen LogP contribution in [-0.2, 0) is 18.0 Å². The quantitative estimate of drug-likeness (QED) is 0.873. The van der Waals surface area contributed by atoms with E-state index in [4.69, 9.17) is 19.1 Å². The van der Waals surface area contributed by atoms with Gasteiger partial charge in [0.05, 0.1) is 0 Å². The molecule has 2 rings (SSSR count). The second-order valence-corrected chi connectivity index (χ2v) is 4.26. The Hall–Kier alpha value is -2.34. The van der Waals surface area contributed by atoms with Crippen LogP contribution in [0.3, 0.4) is 0 Å². The van der Waals surface area contributed by atoms with Crippen molar-refractivity contribution in [1.82, 2.24) is 5.16 Å². The van der Waals surface area contributed by atoms with Gasteiger partial charge in [0.25, 0.3) is 0 Å². The highest BCUT2D eigenvalue weighted by Gasteiger charge is 2.14. The summed E-state index contributed by atoms with van der Waals surface area (Å²) in [5.74, 6) is -0.0884. The summed E-state index contributed by atoms with van der Waals surface area (Å²) < 4.78 is 15.5. The highest BCUT2D eigenvalue weighted by atomic mass is 16.5. The van der Waals surface area contributed by atoms with Crippen LogP contribution in [0.2, 0.25) is 0 Å². The molecule has 0 spiro atoms. The molecular weight excluding hydrogens is 262 g/mol. The number of hydrogen-bond donors (Lipinski definition) is 1. The standard InChI is InChI=1S/C14H15NO5/c1-9-4-3-5-12(14(16)17)13(9)19-7-10-6-11(8-18-2)20-15-10/h3-6H,7-8H2,1-2H3,(H,16,17). The zero-order valence-electron chi connectivity index (χ0n) is 11.3. The summed E-state index contributed by atoms with van der Waals surface area (Å²) in [6, 6.07) is 6.69. The third kappa shape index (κ3) is 3.16. The van der Waals surface area contributed by atoms with Gasteiger partial charge in [0, 0.05) is 13.2 Å². The Kier molecular flexibility index (Phi) is 4.37. The predicted molar refractivity (Wildman–Crippen MR) is 69.7 cm³/mol. The molecular formula is C14H15NO5. The van der Waals surface area contributed by atoms with Gasteiger partial charge < -0.3 is 19.1 Å². The lowest BCUT2D eigenvalue weighted by Crippen LogP contribution is -2.05. The predicted octanol–water partition coefficient (Wildman–Crippen LogP) is 2.41. The Bertz CT molecular complexity index is 605. The third-order valence-electron chi connectivity index (χ3n) is 2.70. The van der Waals surface area contributed by atoms with Crippen molar-refractivity contribution in [1.29, 1.82) is 0 Å². The van der Waals surface area contributed by atoms with Gasteiger partial charge in [-0.2, -0.15) is 0 Å². The van der Waals surface area contributed by atoms with E-state index in [1.807, 2.05) is 0 Å². The molecule has 0 atom stereocenters. The van der Waals surface area contributed by atoms with Crippen LogP contribution >= 0.6 is 0 Å². The van der Waals surface area contributed by atoms with Crippen LogP contribution < -0.4 is 4.74 Å². The molecule has 1 aromatic carbocycles. The number of carboxylic acids is 1. The van der Waals surface area contributed by atoms with Crippen LogP contribution in [0.1, 0.15) is 27.4 Å². The molecule has 6 heteroatoms. The number of ether oxygens (including phenoxy) is 2. The Labute approximate surface area is 115 Å². The van der Waals surface area contributed by atoms with Crippen LogP contribution in [0.5, 0.6) is 5.75 Å². The van der Waals surface area contributed by atoms with Gasteiger partial charge in [-0.3, -0.25) is 0 Å². The number of aryl methyl sites for hydroxylation is 1. The highest BCUT2D eigenvalue weighted by Crippen LogP contribution is 2.24. The van der Waals surface area contributed by atoms with Crippen LogP contribution in [0, 0.1) is 6.92 Å². The van der Waals surface area contributed by atoms with Gasteiger partial charge in [-0.25, -0.2) is 4.79 Å². The van der Waals surface area contributed by atoms with Crippen molar-refractivity contribution in [3.8, 4) is 5.75 Å². The maximum atomic E-state index is 11.1. The molecule has 0 saturated heterocycles. The molecule has 0 unspecified atom stereocenters. The molecule has 1 N–H and O–H groups in total. The SMILES string of the molecule is COCc1cc(COc2c(C)cccc2C(=O)O)no1. The number of nitrogens with zero attached hydrogens (tertiary/aromatic N) is 1. The summed E-state index contributed by atoms with van der Waals surface area (Å²) in [5.41, 5.74) is 1.47. The maximum absolute atomic E-state index is 11.1. The largest absolute Gasteiger partial charge is 0.486 e. The van der Waals surface area contributed by atoms with Crippen molar-refractivity contribution >= 4 is 5.97 Å². The monoisotopic (exact) mass is 277 g/mol. The van der Waals surface area contributed by atoms with Crippen molar-refractivity contribution in [2.45, 2.75) is 20.1 Å². The van der Waals surface area contributed by atoms with E-state index in [1.54, 1.807) is 32.2 Å². The van der Waals surface area contributed by atoms with Gasteiger partial charge in [0.1, 0.15) is 30.2 Å². The summed E-state index contributed by atoms with van der Waals surface area (Å²) in [6.07, 6.45) is 0. The second-order valence-electron chi connectivity index (χ2n) is 4.26. The second kappa shape index (κ2) is 6.21. The van der Waals surface area contributed by atoms with E-state index in [0.717, 1.165) is 5.56 Å². The number of para-hydroxylation sites is 1. The minimum atomic E-state index is -1.02. The molecule has 0 fully saturated rings. The molecule has 6 nitrogen and oxygen atoms in total. The molecule has 1 heterocycles. The molecule has 0 radical (unpaired) electrons. The minimum absolute atomic E-state index is 0.130. The summed E-state index contributed by atoms with van der Waals surface area (Å²) in [4.78, 5) is 11.1. The molecule has 2 aromatic rings. The first-order valence-electron chi connectivity index (χ1n) is 6.01. The van der Waals surface area contributed by atoms with Gasteiger partial charge >= 0.3 is 5.97 Å². The first-order valence-corrected chi connectivity index (χ1v) is 6.01. The van der Waals surface area contributed by atoms with E-state index < -0.39 is 5.97 Å². The van der Waals surface area contributed by atoms with E-state index in [2.05, 4.69) is 5.16 Å². The van der Waals surface area contributed by atoms with Gasteiger partial charge in [-0.15, -0.1) is 0 Å². The molecule has 106 valence electrons. The van der Waals surface area contributed by atoms with Crippen molar-refractivity contribution in [2.24, 2.45) is 0 Å². The molecule has 1 aromatic heterocycles. The lowest BCUT2D eigenvalue weighted by atomic mass is 10.1. The number of rotatable bonds is 6. The van der Waals surface area contributed by atoms with E-state index in [-0.39, 0.29) is 12.2 Å². The first kappa shape index (κ1) is 14.1. The van der Waals surface area contributed by atoms with Crippen molar-refractivity contribution in [3.63, 3.8) is 0 Å². The Morgan fingerprint density at radius 3 is 2.90 bits per heavy atom. The minimum Gasteiger partial charge on any atom is -0.486 e. The van der Waals surface area contributed by atoms with Gasteiger partial charge in [0.15, 0.2) is 5.76 Å². The molecule has 20 heavy (non-hydrogen) atoms. The van der Waals surface area contributed by atoms with Crippen molar-refractivity contribution in [3.05, 3.63) is 46.8 Å². The van der Waals surface area contributed by atoms with E-state index in [0.29, 0.717) is 23.8 Å². The van der Waals surface area contributed by atoms with Crippen LogP contribution in [0.4, 0.5) is 0 Å². The smallest absolute Gasteiger partial charge is 0.339 e. The van der Waals surface area contributed by atoms with Crippen LogP contribution in [-0.4, -0.2) is 23.3 Å². The van der Waals surface area contributed by atoms with E-state index in [1.165, 1.54) is 6.07 Å². The average Bonchev–Trinajstić information content (AvgIpc) is 2.85. The van der Waals surface area contributed by atoms with Crippen molar-refractivity contribution in [2.75, 3.05) is 7.11 Å². The number of hydrogen-bond acceptors (Lipinski definition) is 5. The molecule has 0 bridgehead atoms. The van der Waals surface area contributed by atoms with Crippen LogP contribution in [0.15, 0.2) is 28.8 Å². The lowest BCUT2D eigenvalue weighted by Gasteiger charge is -2.10. The Balaban J connectivity index is 2.12. The number of benzene rings is 1. The lowest BCUT2D eigenvalue weighted by molar-refractivity contribution is 0.0691. The molecule has 0 saturated carbocycles. The Morgan fingerprint density at radius 1 is 1.40 bits per heavy atom. The van der Waals surface area contributed by atoms with Gasteiger partial charge in [-0.1, -0.05) is 17.3 Å². The van der Waals surface area contributed by atoms with E-state index in [9.17, 15) is 4.79 Å². The zero-order valence-corrected chi connectivity index (χ0v) is 11.3. The third-order valence-corrected chi connectivity index (χ3v) is 2.70. The highest BCUT2D eigenvalue weighted by molar-refractivity contribution is 5.91. The number of methoxy groups -OCH3 is 1. The normalized spacial score (nSPS) is 10.5. The maximum Gasteiger partial charge on any atom is 0.339 e. The fourth-order valence-electron chi connectivity index (χ4n) is 1.79. The number of aromatic nitrogens is 1. The van der Waals surface area contributed by atoms with Crippen molar-refractivity contribution < 1.29 is 23.9 Å². The first-order chi connectivity index (χ1) is 9.61. The summed E-state index contributed by atoms with van der Waals surface area (Å²) in [6.45, 7) is 2.26. The summed E-state index contributed by atoms with van der Waals surface area (Å²) in [7, 11) is 1.56. The fourth-order valence-corrected chi connectivity index (χ4v) is 1.79. The zero-order chi connectivity index (χ0) is 14.5. The summed E-state index contributed by atoms with van der Waals surface area (Å²) >= 11 is 0. The van der Waals surface area contributed by atoms with Gasteiger partial charge in [0.2, 0.25) is 0 Å². The number of aromatic carboxylic acids is 1. The van der Waals surface area contributed by atoms with E-state index >= 15 is 0 Å². The molecule has 0 aliphatic carbocycles. The number of carbonyl (C=O) groups is 1. The molecule has 0 aliphatic rings. The summed E-state index contributed by atoms with van der Waals surface area (Å²) in [5, 5.41) is 13.0. The number of carboxylic acid groups (broad SMARTS) is 1. The van der Waals surface area contributed by atoms with Crippen LogP contribution in [0.25, 0.3) is 0 Å². The molecule has 0 amide bonds.